The molecule has 4 nitrogen and oxygen atoms in total. The molecule has 0 heterocycles. The standard InChI is InChI=1S/C13H19FN2O2/c1-16(2)13(17)4-3-5-18-12-7-10(9-15)6-11(14)8-12/h6-8H,3-5,9,15H2,1-2H3. The van der Waals surface area contributed by atoms with E-state index in [1.54, 1.807) is 20.2 Å². The van der Waals surface area contributed by atoms with Gasteiger partial charge in [-0.3, -0.25) is 4.79 Å². The zero-order valence-corrected chi connectivity index (χ0v) is 10.8. The van der Waals surface area contributed by atoms with Crippen molar-refractivity contribution in [2.45, 2.75) is 19.4 Å². The van der Waals surface area contributed by atoms with E-state index in [2.05, 4.69) is 0 Å². The van der Waals surface area contributed by atoms with E-state index in [0.29, 0.717) is 30.8 Å². The minimum atomic E-state index is -0.364. The van der Waals surface area contributed by atoms with Gasteiger partial charge >= 0.3 is 0 Å². The molecule has 2 N–H and O–H groups in total. The fourth-order valence-electron chi connectivity index (χ4n) is 1.46. The monoisotopic (exact) mass is 254 g/mol. The Balaban J connectivity index is 2.39. The normalized spacial score (nSPS) is 10.2. The van der Waals surface area contributed by atoms with E-state index in [0.717, 1.165) is 0 Å². The molecule has 0 atom stereocenters. The molecule has 0 spiro atoms. The second-order valence-corrected chi connectivity index (χ2v) is 4.24. The number of amides is 1. The number of ether oxygens (including phenoxy) is 1. The third kappa shape index (κ3) is 4.71. The van der Waals surface area contributed by atoms with Crippen molar-refractivity contribution >= 4 is 5.91 Å². The third-order valence-corrected chi connectivity index (χ3v) is 2.47. The molecule has 0 aliphatic carbocycles. The number of carbonyl (C=O) groups is 1. The molecule has 0 unspecified atom stereocenters. The molecule has 100 valence electrons. The van der Waals surface area contributed by atoms with Crippen LogP contribution in [0.25, 0.3) is 0 Å². The van der Waals surface area contributed by atoms with Crippen molar-refractivity contribution in [1.82, 2.24) is 4.90 Å². The van der Waals surface area contributed by atoms with Crippen LogP contribution in [-0.4, -0.2) is 31.5 Å². The van der Waals surface area contributed by atoms with Crippen molar-refractivity contribution in [3.05, 3.63) is 29.6 Å². The molecule has 1 aromatic carbocycles. The van der Waals surface area contributed by atoms with Crippen LogP contribution >= 0.6 is 0 Å². The van der Waals surface area contributed by atoms with Crippen LogP contribution < -0.4 is 10.5 Å². The second-order valence-electron chi connectivity index (χ2n) is 4.24. The Bertz CT molecular complexity index is 408. The van der Waals surface area contributed by atoms with Crippen LogP contribution in [0.15, 0.2) is 18.2 Å². The van der Waals surface area contributed by atoms with Gasteiger partial charge < -0.3 is 15.4 Å². The molecular weight excluding hydrogens is 235 g/mol. The average Bonchev–Trinajstić information content (AvgIpc) is 2.33. The maximum absolute atomic E-state index is 13.2. The number of halogens is 1. The van der Waals surface area contributed by atoms with Crippen LogP contribution in [0, 0.1) is 5.82 Å². The molecule has 0 bridgehead atoms. The molecule has 1 amide bonds. The van der Waals surface area contributed by atoms with Crippen LogP contribution in [-0.2, 0) is 11.3 Å². The van der Waals surface area contributed by atoms with E-state index in [4.69, 9.17) is 10.5 Å². The van der Waals surface area contributed by atoms with Crippen LogP contribution in [0.2, 0.25) is 0 Å². The maximum Gasteiger partial charge on any atom is 0.222 e. The Hall–Kier alpha value is -1.62. The summed E-state index contributed by atoms with van der Waals surface area (Å²) in [5.41, 5.74) is 6.13. The topological polar surface area (TPSA) is 55.6 Å². The predicted octanol–water partition coefficient (Wildman–Crippen LogP) is 1.53. The van der Waals surface area contributed by atoms with Crippen LogP contribution in [0.5, 0.6) is 5.75 Å². The minimum Gasteiger partial charge on any atom is -0.493 e. The summed E-state index contributed by atoms with van der Waals surface area (Å²) >= 11 is 0. The second kappa shape index (κ2) is 6.96. The van der Waals surface area contributed by atoms with E-state index in [9.17, 15) is 9.18 Å². The van der Waals surface area contributed by atoms with Gasteiger partial charge in [0, 0.05) is 33.1 Å². The van der Waals surface area contributed by atoms with Crippen molar-refractivity contribution < 1.29 is 13.9 Å². The maximum atomic E-state index is 13.2. The zero-order chi connectivity index (χ0) is 13.5. The first-order valence-electron chi connectivity index (χ1n) is 5.85. The molecule has 0 aromatic heterocycles. The Morgan fingerprint density at radius 1 is 1.39 bits per heavy atom. The van der Waals surface area contributed by atoms with Gasteiger partial charge in [0.15, 0.2) is 0 Å². The highest BCUT2D eigenvalue weighted by molar-refractivity contribution is 5.75. The first-order chi connectivity index (χ1) is 8.52. The summed E-state index contributed by atoms with van der Waals surface area (Å²) in [4.78, 5) is 12.8. The first-order valence-corrected chi connectivity index (χ1v) is 5.85. The molecule has 0 saturated heterocycles. The number of rotatable bonds is 6. The lowest BCUT2D eigenvalue weighted by atomic mass is 10.2. The van der Waals surface area contributed by atoms with Crippen molar-refractivity contribution in [2.24, 2.45) is 5.73 Å². The molecule has 0 aliphatic rings. The lowest BCUT2D eigenvalue weighted by Gasteiger charge is -2.11. The molecule has 18 heavy (non-hydrogen) atoms. The summed E-state index contributed by atoms with van der Waals surface area (Å²) in [6.07, 6.45) is 1.03. The molecule has 1 aromatic rings. The highest BCUT2D eigenvalue weighted by Gasteiger charge is 2.04. The van der Waals surface area contributed by atoms with Gasteiger partial charge in [-0.2, -0.15) is 0 Å². The summed E-state index contributed by atoms with van der Waals surface area (Å²) in [5.74, 6) is 0.144. The van der Waals surface area contributed by atoms with Crippen molar-refractivity contribution in [1.29, 1.82) is 0 Å². The summed E-state index contributed by atoms with van der Waals surface area (Å²) in [6.45, 7) is 0.653. The van der Waals surface area contributed by atoms with Crippen molar-refractivity contribution in [3.63, 3.8) is 0 Å². The molecular formula is C13H19FN2O2. The van der Waals surface area contributed by atoms with Gasteiger partial charge in [0.05, 0.1) is 6.61 Å². The zero-order valence-electron chi connectivity index (χ0n) is 10.8. The van der Waals surface area contributed by atoms with E-state index >= 15 is 0 Å². The fraction of sp³-hybridized carbons (Fsp3) is 0.462. The Labute approximate surface area is 107 Å². The van der Waals surface area contributed by atoms with Crippen LogP contribution in [0.4, 0.5) is 4.39 Å². The molecule has 1 rings (SSSR count). The number of carbonyl (C=O) groups excluding carboxylic acids is 1. The van der Waals surface area contributed by atoms with Gasteiger partial charge in [-0.25, -0.2) is 4.39 Å². The fourth-order valence-corrected chi connectivity index (χ4v) is 1.46. The molecule has 0 saturated carbocycles. The molecule has 0 fully saturated rings. The number of hydrogen-bond acceptors (Lipinski definition) is 3. The average molecular weight is 254 g/mol. The SMILES string of the molecule is CN(C)C(=O)CCCOc1cc(F)cc(CN)c1. The Kier molecular flexibility index (Phi) is 5.58. The van der Waals surface area contributed by atoms with E-state index in [1.165, 1.54) is 17.0 Å². The number of nitrogens with two attached hydrogens (primary N) is 1. The van der Waals surface area contributed by atoms with E-state index in [1.807, 2.05) is 0 Å². The van der Waals surface area contributed by atoms with Crippen LogP contribution in [0.3, 0.4) is 0 Å². The molecule has 5 heteroatoms. The van der Waals surface area contributed by atoms with Gasteiger partial charge in [-0.15, -0.1) is 0 Å². The summed E-state index contributed by atoms with van der Waals surface area (Å²) in [7, 11) is 3.42. The van der Waals surface area contributed by atoms with E-state index in [-0.39, 0.29) is 18.3 Å². The summed E-state index contributed by atoms with van der Waals surface area (Å²) in [5, 5.41) is 0. The van der Waals surface area contributed by atoms with Gasteiger partial charge in [0.2, 0.25) is 5.91 Å². The smallest absolute Gasteiger partial charge is 0.222 e. The van der Waals surface area contributed by atoms with Gasteiger partial charge in [0.1, 0.15) is 11.6 Å². The first kappa shape index (κ1) is 14.4. The molecule has 0 radical (unpaired) electrons. The largest absolute Gasteiger partial charge is 0.493 e. The Morgan fingerprint density at radius 2 is 2.11 bits per heavy atom. The lowest BCUT2D eigenvalue weighted by Crippen LogP contribution is -2.21. The summed E-state index contributed by atoms with van der Waals surface area (Å²) in [6, 6.07) is 4.40. The highest BCUT2D eigenvalue weighted by Crippen LogP contribution is 2.16. The Morgan fingerprint density at radius 3 is 2.72 bits per heavy atom. The van der Waals surface area contributed by atoms with Gasteiger partial charge in [-0.05, 0) is 24.1 Å². The van der Waals surface area contributed by atoms with E-state index < -0.39 is 0 Å². The third-order valence-electron chi connectivity index (χ3n) is 2.47. The quantitative estimate of drug-likeness (QED) is 0.783. The van der Waals surface area contributed by atoms with Crippen molar-refractivity contribution in [2.75, 3.05) is 20.7 Å². The van der Waals surface area contributed by atoms with Crippen LogP contribution in [0.1, 0.15) is 18.4 Å². The minimum absolute atomic E-state index is 0.0560. The highest BCUT2D eigenvalue weighted by atomic mass is 19.1. The number of benzene rings is 1. The lowest BCUT2D eigenvalue weighted by molar-refractivity contribution is -0.128. The van der Waals surface area contributed by atoms with Crippen molar-refractivity contribution in [3.8, 4) is 5.75 Å². The van der Waals surface area contributed by atoms with Gasteiger partial charge in [-0.1, -0.05) is 0 Å². The predicted molar refractivity (Wildman–Crippen MR) is 67.7 cm³/mol. The molecule has 0 aliphatic heterocycles. The van der Waals surface area contributed by atoms with Gasteiger partial charge in [0.25, 0.3) is 0 Å². The number of nitrogens with zero attached hydrogens (tertiary/aromatic N) is 1. The number of hydrogen-bond donors (Lipinski definition) is 1. The summed E-state index contributed by atoms with van der Waals surface area (Å²) < 4.78 is 18.6.